The number of ether oxygens (including phenoxy) is 1. The normalized spacial score (nSPS) is 10.8. The van der Waals surface area contributed by atoms with Gasteiger partial charge in [0, 0.05) is 20.1 Å². The topological polar surface area (TPSA) is 76.4 Å². The van der Waals surface area contributed by atoms with Crippen LogP contribution in [0.25, 0.3) is 5.69 Å². The van der Waals surface area contributed by atoms with Crippen LogP contribution < -0.4 is 15.4 Å². The minimum atomic E-state index is 0. The molecule has 0 saturated carbocycles. The first-order chi connectivity index (χ1) is 13.3. The average molecular weight is 492 g/mol. The van der Waals surface area contributed by atoms with Crippen LogP contribution >= 0.6 is 24.0 Å². The Labute approximate surface area is 182 Å². The lowest BCUT2D eigenvalue weighted by molar-refractivity contribution is 0.311. The third-order valence-electron chi connectivity index (χ3n) is 3.93. The number of benzene rings is 2. The molecule has 0 unspecified atom stereocenters. The van der Waals surface area contributed by atoms with Crippen LogP contribution in [0, 0.1) is 0 Å². The number of hydrogen-bond donors (Lipinski definition) is 2. The third kappa shape index (κ3) is 6.84. The molecule has 3 aromatic rings. The van der Waals surface area contributed by atoms with Crippen molar-refractivity contribution in [2.24, 2.45) is 4.99 Å². The number of halogens is 1. The molecule has 0 aliphatic rings. The van der Waals surface area contributed by atoms with Gasteiger partial charge in [0.2, 0.25) is 0 Å². The zero-order chi connectivity index (χ0) is 18.7. The van der Waals surface area contributed by atoms with Gasteiger partial charge in [0.15, 0.2) is 5.96 Å². The van der Waals surface area contributed by atoms with Crippen molar-refractivity contribution >= 4 is 29.9 Å². The van der Waals surface area contributed by atoms with Gasteiger partial charge >= 0.3 is 0 Å². The van der Waals surface area contributed by atoms with Crippen LogP contribution in [-0.4, -0.2) is 40.9 Å². The molecule has 0 atom stereocenters. The van der Waals surface area contributed by atoms with Crippen molar-refractivity contribution in [3.05, 3.63) is 72.8 Å². The van der Waals surface area contributed by atoms with Crippen LogP contribution in [0.4, 0.5) is 0 Å². The summed E-state index contributed by atoms with van der Waals surface area (Å²) in [6.45, 7) is 2.15. The maximum absolute atomic E-state index is 5.68. The summed E-state index contributed by atoms with van der Waals surface area (Å²) in [4.78, 5) is 8.21. The smallest absolute Gasteiger partial charge is 0.191 e. The SMILES string of the molecule is CN=C(NCCCOc1ccccc1)NCc1ccc(-n2cncn2)cc1.I. The van der Waals surface area contributed by atoms with Gasteiger partial charge in [0.1, 0.15) is 18.4 Å². The number of rotatable bonds is 8. The summed E-state index contributed by atoms with van der Waals surface area (Å²) < 4.78 is 7.41. The lowest BCUT2D eigenvalue weighted by atomic mass is 10.2. The Morgan fingerprint density at radius 1 is 1.07 bits per heavy atom. The first-order valence-electron chi connectivity index (χ1n) is 8.91. The minimum absolute atomic E-state index is 0. The summed E-state index contributed by atoms with van der Waals surface area (Å²) in [6, 6.07) is 18.0. The Kier molecular flexibility index (Phi) is 9.26. The van der Waals surface area contributed by atoms with E-state index in [0.29, 0.717) is 13.2 Å². The predicted molar refractivity (Wildman–Crippen MR) is 122 cm³/mol. The van der Waals surface area contributed by atoms with Crippen molar-refractivity contribution in [3.63, 3.8) is 0 Å². The number of nitrogens with zero attached hydrogens (tertiary/aromatic N) is 4. The van der Waals surface area contributed by atoms with Crippen molar-refractivity contribution in [2.45, 2.75) is 13.0 Å². The van der Waals surface area contributed by atoms with E-state index in [1.165, 1.54) is 6.33 Å². The summed E-state index contributed by atoms with van der Waals surface area (Å²) >= 11 is 0. The van der Waals surface area contributed by atoms with Gasteiger partial charge in [-0.2, -0.15) is 5.10 Å². The Morgan fingerprint density at radius 2 is 1.86 bits per heavy atom. The van der Waals surface area contributed by atoms with Crippen LogP contribution in [0.5, 0.6) is 5.75 Å². The van der Waals surface area contributed by atoms with Crippen LogP contribution in [0.15, 0.2) is 72.2 Å². The quantitative estimate of drug-likeness (QED) is 0.219. The van der Waals surface area contributed by atoms with Crippen molar-refractivity contribution in [1.29, 1.82) is 0 Å². The van der Waals surface area contributed by atoms with E-state index in [4.69, 9.17) is 4.74 Å². The molecule has 148 valence electrons. The monoisotopic (exact) mass is 492 g/mol. The molecule has 28 heavy (non-hydrogen) atoms. The molecule has 8 heteroatoms. The first-order valence-corrected chi connectivity index (χ1v) is 8.91. The van der Waals surface area contributed by atoms with E-state index < -0.39 is 0 Å². The van der Waals surface area contributed by atoms with Gasteiger partial charge in [0.05, 0.1) is 12.3 Å². The first kappa shape index (κ1) is 21.7. The molecule has 0 bridgehead atoms. The van der Waals surface area contributed by atoms with Crippen LogP contribution in [0.3, 0.4) is 0 Å². The van der Waals surface area contributed by atoms with E-state index in [1.807, 2.05) is 42.5 Å². The second kappa shape index (κ2) is 12.0. The van der Waals surface area contributed by atoms with E-state index in [2.05, 4.69) is 37.8 Å². The van der Waals surface area contributed by atoms with Gasteiger partial charge < -0.3 is 15.4 Å². The van der Waals surface area contributed by atoms with E-state index in [-0.39, 0.29) is 24.0 Å². The summed E-state index contributed by atoms with van der Waals surface area (Å²) in [7, 11) is 1.77. The Hall–Kier alpha value is -2.62. The van der Waals surface area contributed by atoms with Gasteiger partial charge in [-0.25, -0.2) is 9.67 Å². The average Bonchev–Trinajstić information content (AvgIpc) is 3.26. The largest absolute Gasteiger partial charge is 0.494 e. The third-order valence-corrected chi connectivity index (χ3v) is 3.93. The van der Waals surface area contributed by atoms with E-state index >= 15 is 0 Å². The standard InChI is InChI=1S/C20H24N6O.HI/c1-21-20(23-12-5-13-27-19-6-3-2-4-7-19)24-14-17-8-10-18(11-9-17)26-16-22-15-25-26;/h2-4,6-11,15-16H,5,12-14H2,1H3,(H2,21,23,24);1H. The van der Waals surface area contributed by atoms with Crippen LogP contribution in [0.2, 0.25) is 0 Å². The van der Waals surface area contributed by atoms with Crippen molar-refractivity contribution < 1.29 is 4.74 Å². The Bertz CT molecular complexity index is 822. The predicted octanol–water partition coefficient (Wildman–Crippen LogP) is 3.02. The second-order valence-corrected chi connectivity index (χ2v) is 5.87. The van der Waals surface area contributed by atoms with Gasteiger partial charge in [-0.1, -0.05) is 30.3 Å². The van der Waals surface area contributed by atoms with E-state index in [1.54, 1.807) is 18.1 Å². The fourth-order valence-corrected chi connectivity index (χ4v) is 2.50. The number of guanidine groups is 1. The molecule has 0 aliphatic carbocycles. The van der Waals surface area contributed by atoms with E-state index in [9.17, 15) is 0 Å². The van der Waals surface area contributed by atoms with Gasteiger partial charge in [0.25, 0.3) is 0 Å². The maximum atomic E-state index is 5.68. The van der Waals surface area contributed by atoms with Gasteiger partial charge in [-0.3, -0.25) is 4.99 Å². The molecule has 0 aliphatic heterocycles. The molecule has 3 rings (SSSR count). The van der Waals surface area contributed by atoms with Crippen LogP contribution in [-0.2, 0) is 6.54 Å². The molecule has 2 aromatic carbocycles. The summed E-state index contributed by atoms with van der Waals surface area (Å²) in [5, 5.41) is 10.7. The molecule has 7 nitrogen and oxygen atoms in total. The highest BCUT2D eigenvalue weighted by Crippen LogP contribution is 2.08. The Balaban J connectivity index is 0.00000280. The Morgan fingerprint density at radius 3 is 2.54 bits per heavy atom. The molecular weight excluding hydrogens is 467 g/mol. The fourth-order valence-electron chi connectivity index (χ4n) is 2.50. The molecule has 0 spiro atoms. The molecule has 0 radical (unpaired) electrons. The van der Waals surface area contributed by atoms with E-state index in [0.717, 1.165) is 35.9 Å². The highest BCUT2D eigenvalue weighted by molar-refractivity contribution is 14.0. The zero-order valence-electron chi connectivity index (χ0n) is 15.8. The second-order valence-electron chi connectivity index (χ2n) is 5.87. The van der Waals surface area contributed by atoms with Gasteiger partial charge in [-0.05, 0) is 36.2 Å². The fraction of sp³-hybridized carbons (Fsp3) is 0.250. The summed E-state index contributed by atoms with van der Waals surface area (Å²) in [5.41, 5.74) is 2.14. The minimum Gasteiger partial charge on any atom is -0.494 e. The summed E-state index contributed by atoms with van der Waals surface area (Å²) in [6.07, 6.45) is 4.10. The zero-order valence-corrected chi connectivity index (χ0v) is 18.1. The highest BCUT2D eigenvalue weighted by Gasteiger charge is 2.00. The molecule has 0 amide bonds. The maximum Gasteiger partial charge on any atom is 0.191 e. The molecule has 1 aromatic heterocycles. The van der Waals surface area contributed by atoms with Crippen LogP contribution in [0.1, 0.15) is 12.0 Å². The number of hydrogen-bond acceptors (Lipinski definition) is 4. The lowest BCUT2D eigenvalue weighted by Crippen LogP contribution is -2.37. The molecule has 0 fully saturated rings. The number of aromatic nitrogens is 3. The number of aliphatic imine (C=N–C) groups is 1. The molecule has 2 N–H and O–H groups in total. The molecule has 0 saturated heterocycles. The molecular formula is C20H25IN6O. The summed E-state index contributed by atoms with van der Waals surface area (Å²) in [5.74, 6) is 1.67. The lowest BCUT2D eigenvalue weighted by Gasteiger charge is -2.12. The van der Waals surface area contributed by atoms with Crippen molar-refractivity contribution in [1.82, 2.24) is 25.4 Å². The number of para-hydroxylation sites is 1. The number of nitrogens with one attached hydrogen (secondary N) is 2. The van der Waals surface area contributed by atoms with Crippen molar-refractivity contribution in [2.75, 3.05) is 20.2 Å². The van der Waals surface area contributed by atoms with Gasteiger partial charge in [-0.15, -0.1) is 24.0 Å². The molecule has 1 heterocycles. The highest BCUT2D eigenvalue weighted by atomic mass is 127. The van der Waals surface area contributed by atoms with Crippen molar-refractivity contribution in [3.8, 4) is 11.4 Å².